The molecule has 3 rings (SSSR count). The number of benzene rings is 2. The molecule has 5 heteroatoms. The second kappa shape index (κ2) is 9.31. The fourth-order valence-electron chi connectivity index (χ4n) is 3.06. The molecule has 1 aromatic heterocycles. The van der Waals surface area contributed by atoms with Crippen molar-refractivity contribution in [3.63, 3.8) is 0 Å². The van der Waals surface area contributed by atoms with E-state index in [1.165, 1.54) is 0 Å². The van der Waals surface area contributed by atoms with Gasteiger partial charge in [-0.05, 0) is 24.5 Å². The van der Waals surface area contributed by atoms with Crippen molar-refractivity contribution < 1.29 is 9.32 Å². The normalized spacial score (nSPS) is 11.0. The summed E-state index contributed by atoms with van der Waals surface area (Å²) in [6, 6.07) is 18.1. The van der Waals surface area contributed by atoms with Crippen molar-refractivity contribution in [3.05, 3.63) is 71.6 Å². The molecular formula is C23H27N3O2. The Hall–Kier alpha value is -2.95. The van der Waals surface area contributed by atoms with Gasteiger partial charge in [-0.1, -0.05) is 73.1 Å². The highest BCUT2D eigenvalue weighted by Gasteiger charge is 2.17. The van der Waals surface area contributed by atoms with Gasteiger partial charge in [-0.15, -0.1) is 0 Å². The molecule has 0 N–H and O–H groups in total. The first-order valence-corrected chi connectivity index (χ1v) is 9.72. The summed E-state index contributed by atoms with van der Waals surface area (Å²) in [5.41, 5.74) is 3.20. The number of amides is 1. The molecule has 5 nitrogen and oxygen atoms in total. The van der Waals surface area contributed by atoms with E-state index in [1.54, 1.807) is 0 Å². The summed E-state index contributed by atoms with van der Waals surface area (Å²) in [5.74, 6) is 1.60. The third-order valence-electron chi connectivity index (χ3n) is 4.49. The number of carbonyl (C=O) groups is 1. The number of aryl methyl sites for hydroxylation is 1. The van der Waals surface area contributed by atoms with E-state index in [9.17, 15) is 4.79 Å². The molecule has 28 heavy (non-hydrogen) atoms. The van der Waals surface area contributed by atoms with Gasteiger partial charge in [0.2, 0.25) is 17.6 Å². The number of nitrogens with zero attached hydrogens (tertiary/aromatic N) is 3. The molecular weight excluding hydrogens is 350 g/mol. The topological polar surface area (TPSA) is 59.2 Å². The van der Waals surface area contributed by atoms with Crippen LogP contribution in [0.1, 0.15) is 37.3 Å². The van der Waals surface area contributed by atoms with Crippen LogP contribution in [-0.2, 0) is 17.8 Å². The SMILES string of the molecule is Cc1cccc(-c2noc(CCN(Cc3ccccc3)C(=O)CC(C)C)n2)c1. The molecule has 0 fully saturated rings. The smallest absolute Gasteiger partial charge is 0.228 e. The van der Waals surface area contributed by atoms with Gasteiger partial charge in [-0.2, -0.15) is 4.98 Å². The Morgan fingerprint density at radius 1 is 1.11 bits per heavy atom. The third kappa shape index (κ3) is 5.52. The summed E-state index contributed by atoms with van der Waals surface area (Å²) in [6.07, 6.45) is 1.07. The van der Waals surface area contributed by atoms with Gasteiger partial charge in [0.25, 0.3) is 0 Å². The van der Waals surface area contributed by atoms with Gasteiger partial charge in [0, 0.05) is 31.5 Å². The number of carbonyl (C=O) groups excluding carboxylic acids is 1. The minimum absolute atomic E-state index is 0.150. The Balaban J connectivity index is 1.68. The first-order valence-electron chi connectivity index (χ1n) is 9.72. The van der Waals surface area contributed by atoms with E-state index >= 15 is 0 Å². The summed E-state index contributed by atoms with van der Waals surface area (Å²) in [4.78, 5) is 19.1. The van der Waals surface area contributed by atoms with Crippen LogP contribution < -0.4 is 0 Å². The van der Waals surface area contributed by atoms with Gasteiger partial charge in [0.15, 0.2) is 0 Å². The predicted octanol–water partition coefficient (Wildman–Crippen LogP) is 4.66. The lowest BCUT2D eigenvalue weighted by atomic mass is 10.1. The van der Waals surface area contributed by atoms with Crippen LogP contribution in [0.4, 0.5) is 0 Å². The molecule has 0 atom stereocenters. The van der Waals surface area contributed by atoms with Crippen molar-refractivity contribution in [2.24, 2.45) is 5.92 Å². The van der Waals surface area contributed by atoms with Gasteiger partial charge in [-0.25, -0.2) is 0 Å². The van der Waals surface area contributed by atoms with E-state index < -0.39 is 0 Å². The zero-order valence-corrected chi connectivity index (χ0v) is 16.8. The van der Waals surface area contributed by atoms with Crippen molar-refractivity contribution in [1.82, 2.24) is 15.0 Å². The number of rotatable bonds is 8. The van der Waals surface area contributed by atoms with Crippen molar-refractivity contribution >= 4 is 5.91 Å². The first kappa shape index (κ1) is 19.8. The van der Waals surface area contributed by atoms with Crippen LogP contribution in [0.15, 0.2) is 59.1 Å². The van der Waals surface area contributed by atoms with Gasteiger partial charge in [0.05, 0.1) is 0 Å². The molecule has 1 heterocycles. The highest BCUT2D eigenvalue weighted by atomic mass is 16.5. The summed E-state index contributed by atoms with van der Waals surface area (Å²) in [7, 11) is 0. The molecule has 146 valence electrons. The molecule has 1 amide bonds. The highest BCUT2D eigenvalue weighted by molar-refractivity contribution is 5.76. The molecule has 2 aromatic carbocycles. The summed E-state index contributed by atoms with van der Waals surface area (Å²) >= 11 is 0. The summed E-state index contributed by atoms with van der Waals surface area (Å²) in [6.45, 7) is 7.29. The van der Waals surface area contributed by atoms with E-state index in [0.717, 1.165) is 16.7 Å². The zero-order valence-electron chi connectivity index (χ0n) is 16.8. The highest BCUT2D eigenvalue weighted by Crippen LogP contribution is 2.18. The molecule has 0 bridgehead atoms. The largest absolute Gasteiger partial charge is 0.339 e. The molecule has 0 unspecified atom stereocenters. The maximum Gasteiger partial charge on any atom is 0.228 e. The Labute approximate surface area is 166 Å². The third-order valence-corrected chi connectivity index (χ3v) is 4.49. The summed E-state index contributed by atoms with van der Waals surface area (Å²) < 4.78 is 5.42. The number of aromatic nitrogens is 2. The average molecular weight is 377 g/mol. The monoisotopic (exact) mass is 377 g/mol. The molecule has 0 aliphatic heterocycles. The van der Waals surface area contributed by atoms with Crippen molar-refractivity contribution in [2.75, 3.05) is 6.54 Å². The van der Waals surface area contributed by atoms with Gasteiger partial charge in [0.1, 0.15) is 0 Å². The fourth-order valence-corrected chi connectivity index (χ4v) is 3.06. The lowest BCUT2D eigenvalue weighted by molar-refractivity contribution is -0.132. The molecule has 0 spiro atoms. The molecule has 0 saturated heterocycles. The van der Waals surface area contributed by atoms with Crippen LogP contribution in [0.5, 0.6) is 0 Å². The lowest BCUT2D eigenvalue weighted by Gasteiger charge is -2.23. The number of hydrogen-bond donors (Lipinski definition) is 0. The number of hydrogen-bond acceptors (Lipinski definition) is 4. The van der Waals surface area contributed by atoms with E-state index in [-0.39, 0.29) is 5.91 Å². The van der Waals surface area contributed by atoms with Crippen molar-refractivity contribution in [3.8, 4) is 11.4 Å². The van der Waals surface area contributed by atoms with E-state index in [1.807, 2.05) is 66.4 Å². The second-order valence-corrected chi connectivity index (χ2v) is 7.53. The predicted molar refractivity (Wildman–Crippen MR) is 109 cm³/mol. The average Bonchev–Trinajstić information content (AvgIpc) is 3.14. The van der Waals surface area contributed by atoms with Gasteiger partial charge < -0.3 is 9.42 Å². The van der Waals surface area contributed by atoms with E-state index in [2.05, 4.69) is 24.0 Å². The van der Waals surface area contributed by atoms with Crippen LogP contribution in [0.3, 0.4) is 0 Å². The van der Waals surface area contributed by atoms with Crippen LogP contribution in [0.25, 0.3) is 11.4 Å². The molecule has 3 aromatic rings. The minimum atomic E-state index is 0.150. The molecule has 0 aliphatic carbocycles. The zero-order chi connectivity index (χ0) is 19.9. The quantitative estimate of drug-likeness (QED) is 0.573. The second-order valence-electron chi connectivity index (χ2n) is 7.53. The molecule has 0 radical (unpaired) electrons. The summed E-state index contributed by atoms with van der Waals surface area (Å²) in [5, 5.41) is 4.09. The lowest BCUT2D eigenvalue weighted by Crippen LogP contribution is -2.33. The maximum atomic E-state index is 12.7. The van der Waals surface area contributed by atoms with Gasteiger partial charge in [-0.3, -0.25) is 4.79 Å². The van der Waals surface area contributed by atoms with Crippen LogP contribution >= 0.6 is 0 Å². The fraction of sp³-hybridized carbons (Fsp3) is 0.348. The van der Waals surface area contributed by atoms with E-state index in [0.29, 0.717) is 43.6 Å². The van der Waals surface area contributed by atoms with Gasteiger partial charge >= 0.3 is 0 Å². The molecule has 0 aliphatic rings. The van der Waals surface area contributed by atoms with Crippen LogP contribution in [0, 0.1) is 12.8 Å². The molecule has 0 saturated carbocycles. The Kier molecular flexibility index (Phi) is 6.58. The van der Waals surface area contributed by atoms with Crippen molar-refractivity contribution in [2.45, 2.75) is 40.2 Å². The van der Waals surface area contributed by atoms with Crippen LogP contribution in [-0.4, -0.2) is 27.5 Å². The Morgan fingerprint density at radius 3 is 2.61 bits per heavy atom. The van der Waals surface area contributed by atoms with Crippen molar-refractivity contribution in [1.29, 1.82) is 0 Å². The minimum Gasteiger partial charge on any atom is -0.339 e. The first-order chi connectivity index (χ1) is 13.5. The Morgan fingerprint density at radius 2 is 1.89 bits per heavy atom. The standard InChI is InChI=1S/C23H27N3O2/c1-17(2)14-22(27)26(16-19-9-5-4-6-10-19)13-12-21-24-23(25-28-21)20-11-7-8-18(3)15-20/h4-11,15,17H,12-14,16H2,1-3H3. The van der Waals surface area contributed by atoms with Crippen LogP contribution in [0.2, 0.25) is 0 Å². The maximum absolute atomic E-state index is 12.7. The Bertz CT molecular complexity index is 903. The van der Waals surface area contributed by atoms with E-state index in [4.69, 9.17) is 4.52 Å².